The maximum absolute atomic E-state index is 13.1. The van der Waals surface area contributed by atoms with Gasteiger partial charge in [0.05, 0.1) is 12.1 Å². The molecule has 1 fully saturated rings. The molecule has 2 N–H and O–H groups in total. The normalized spacial score (nSPS) is 28.1. The molecule has 0 bridgehead atoms. The van der Waals surface area contributed by atoms with Crippen molar-refractivity contribution in [2.45, 2.75) is 50.2 Å². The maximum atomic E-state index is 13.1. The lowest BCUT2D eigenvalue weighted by Gasteiger charge is -2.29. The van der Waals surface area contributed by atoms with E-state index in [2.05, 4.69) is 5.32 Å². The second-order valence-corrected chi connectivity index (χ2v) is 6.09. The van der Waals surface area contributed by atoms with Crippen molar-refractivity contribution in [1.29, 1.82) is 0 Å². The second kappa shape index (κ2) is 5.37. The number of alkyl halides is 2. The highest BCUT2D eigenvalue weighted by atomic mass is 19.3. The molecule has 2 atom stereocenters. The minimum Gasteiger partial charge on any atom is -0.390 e. The highest BCUT2D eigenvalue weighted by molar-refractivity contribution is 5.79. The number of nitrogens with one attached hydrogen (secondary N) is 1. The molecule has 0 radical (unpaired) electrons. The molecule has 0 aromatic heterocycles. The summed E-state index contributed by atoms with van der Waals surface area (Å²) in [7, 11) is 0. The fourth-order valence-electron chi connectivity index (χ4n) is 3.32. The van der Waals surface area contributed by atoms with Crippen LogP contribution in [0.25, 0.3) is 0 Å². The first kappa shape index (κ1) is 14.4. The van der Waals surface area contributed by atoms with Crippen LogP contribution in [0.5, 0.6) is 0 Å². The molecule has 3 rings (SSSR count). The number of rotatable bonds is 2. The summed E-state index contributed by atoms with van der Waals surface area (Å²) in [5.41, 5.74) is 1.96. The van der Waals surface area contributed by atoms with Crippen molar-refractivity contribution in [2.75, 3.05) is 0 Å². The summed E-state index contributed by atoms with van der Waals surface area (Å²) in [6.07, 6.45) is -0.156. The molecule has 0 unspecified atom stereocenters. The van der Waals surface area contributed by atoms with Crippen molar-refractivity contribution in [3.63, 3.8) is 0 Å². The number of hydrogen-bond acceptors (Lipinski definition) is 2. The van der Waals surface area contributed by atoms with Gasteiger partial charge in [0.25, 0.3) is 0 Å². The molecule has 1 aromatic rings. The van der Waals surface area contributed by atoms with Gasteiger partial charge in [-0.1, -0.05) is 24.3 Å². The van der Waals surface area contributed by atoms with E-state index in [1.807, 2.05) is 24.3 Å². The van der Waals surface area contributed by atoms with Crippen molar-refractivity contribution in [1.82, 2.24) is 5.32 Å². The van der Waals surface area contributed by atoms with Crippen LogP contribution >= 0.6 is 0 Å². The summed E-state index contributed by atoms with van der Waals surface area (Å²) >= 11 is 0. The predicted molar refractivity (Wildman–Crippen MR) is 73.9 cm³/mol. The molecule has 1 amide bonds. The van der Waals surface area contributed by atoms with Gasteiger partial charge in [0.1, 0.15) is 0 Å². The van der Waals surface area contributed by atoms with Gasteiger partial charge in [0.2, 0.25) is 11.8 Å². The standard InChI is InChI=1S/C16H19F2NO2/c17-16(18)7-5-10(6-8-16)15(21)19-14-12-4-2-1-3-11(12)9-13(14)20/h1-4,10,13-14,20H,5-9H2,(H,19,21)/t13-,14+/m1/s1. The Kier molecular flexibility index (Phi) is 3.69. The van der Waals surface area contributed by atoms with E-state index >= 15 is 0 Å². The van der Waals surface area contributed by atoms with E-state index < -0.39 is 18.1 Å². The Morgan fingerprint density at radius 3 is 2.62 bits per heavy atom. The Morgan fingerprint density at radius 2 is 1.90 bits per heavy atom. The monoisotopic (exact) mass is 295 g/mol. The van der Waals surface area contributed by atoms with Gasteiger partial charge in [0, 0.05) is 25.2 Å². The van der Waals surface area contributed by atoms with Crippen molar-refractivity contribution in [3.8, 4) is 0 Å². The Labute approximate surface area is 122 Å². The minimum absolute atomic E-state index is 0.212. The van der Waals surface area contributed by atoms with Crippen LogP contribution in [-0.4, -0.2) is 23.0 Å². The third kappa shape index (κ3) is 2.93. The van der Waals surface area contributed by atoms with Gasteiger partial charge in [0.15, 0.2) is 0 Å². The number of hydrogen-bond donors (Lipinski definition) is 2. The van der Waals surface area contributed by atoms with Gasteiger partial charge in [-0.25, -0.2) is 8.78 Å². The van der Waals surface area contributed by atoms with Crippen molar-refractivity contribution >= 4 is 5.91 Å². The van der Waals surface area contributed by atoms with Gasteiger partial charge in [-0.05, 0) is 24.0 Å². The molecule has 3 nitrogen and oxygen atoms in total. The number of carbonyl (C=O) groups is 1. The highest BCUT2D eigenvalue weighted by Gasteiger charge is 2.39. The highest BCUT2D eigenvalue weighted by Crippen LogP contribution is 2.37. The van der Waals surface area contributed by atoms with E-state index in [0.29, 0.717) is 6.42 Å². The molecule has 0 spiro atoms. The number of fused-ring (bicyclic) bond motifs is 1. The Balaban J connectivity index is 1.66. The molecule has 21 heavy (non-hydrogen) atoms. The lowest BCUT2D eigenvalue weighted by atomic mass is 9.86. The number of halogens is 2. The number of amides is 1. The molecule has 0 heterocycles. The molecule has 114 valence electrons. The fourth-order valence-corrected chi connectivity index (χ4v) is 3.32. The predicted octanol–water partition coefficient (Wildman–Crippen LogP) is 2.59. The molecule has 1 saturated carbocycles. The number of carbonyl (C=O) groups excluding carboxylic acids is 1. The van der Waals surface area contributed by atoms with Gasteiger partial charge in [-0.15, -0.1) is 0 Å². The van der Waals surface area contributed by atoms with Crippen LogP contribution in [0.3, 0.4) is 0 Å². The van der Waals surface area contributed by atoms with Crippen LogP contribution in [0.15, 0.2) is 24.3 Å². The van der Waals surface area contributed by atoms with Gasteiger partial charge < -0.3 is 10.4 Å². The van der Waals surface area contributed by atoms with Crippen LogP contribution in [0, 0.1) is 5.92 Å². The first-order chi connectivity index (χ1) is 9.96. The van der Waals surface area contributed by atoms with Gasteiger partial charge in [-0.2, -0.15) is 0 Å². The van der Waals surface area contributed by atoms with Crippen LogP contribution in [0.2, 0.25) is 0 Å². The van der Waals surface area contributed by atoms with Crippen LogP contribution in [0.1, 0.15) is 42.9 Å². The smallest absolute Gasteiger partial charge is 0.248 e. The first-order valence-corrected chi connectivity index (χ1v) is 7.40. The summed E-state index contributed by atoms with van der Waals surface area (Å²) in [4.78, 5) is 12.3. The lowest BCUT2D eigenvalue weighted by Crippen LogP contribution is -2.40. The maximum Gasteiger partial charge on any atom is 0.248 e. The zero-order chi connectivity index (χ0) is 15.0. The minimum atomic E-state index is -2.63. The Hall–Kier alpha value is -1.49. The van der Waals surface area contributed by atoms with Gasteiger partial charge >= 0.3 is 0 Å². The van der Waals surface area contributed by atoms with Crippen molar-refractivity contribution in [2.24, 2.45) is 5.92 Å². The van der Waals surface area contributed by atoms with Crippen molar-refractivity contribution < 1.29 is 18.7 Å². The van der Waals surface area contributed by atoms with E-state index in [4.69, 9.17) is 0 Å². The second-order valence-electron chi connectivity index (χ2n) is 6.09. The third-order valence-electron chi connectivity index (χ3n) is 4.59. The molecule has 2 aliphatic rings. The first-order valence-electron chi connectivity index (χ1n) is 7.40. The third-order valence-corrected chi connectivity index (χ3v) is 4.59. The summed E-state index contributed by atoms with van der Waals surface area (Å²) in [5, 5.41) is 13.0. The van der Waals surface area contributed by atoms with Crippen LogP contribution in [-0.2, 0) is 11.2 Å². The lowest BCUT2D eigenvalue weighted by molar-refractivity contribution is -0.130. The zero-order valence-electron chi connectivity index (χ0n) is 11.7. The Bertz CT molecular complexity index is 537. The van der Waals surface area contributed by atoms with E-state index in [-0.39, 0.29) is 37.5 Å². The number of aliphatic hydroxyl groups excluding tert-OH is 1. The van der Waals surface area contributed by atoms with E-state index in [1.165, 1.54) is 0 Å². The zero-order valence-corrected chi connectivity index (χ0v) is 11.7. The molecule has 5 heteroatoms. The summed E-state index contributed by atoms with van der Waals surface area (Å²) < 4.78 is 26.3. The molecular weight excluding hydrogens is 276 g/mol. The van der Waals surface area contributed by atoms with E-state index in [1.54, 1.807) is 0 Å². The molecule has 0 aliphatic heterocycles. The van der Waals surface area contributed by atoms with E-state index in [0.717, 1.165) is 11.1 Å². The SMILES string of the molecule is O=C(N[C@H]1c2ccccc2C[C@H]1O)C1CCC(F)(F)CC1. The summed E-state index contributed by atoms with van der Waals surface area (Å²) in [6.45, 7) is 0. The largest absolute Gasteiger partial charge is 0.390 e. The molecule has 2 aliphatic carbocycles. The fraction of sp³-hybridized carbons (Fsp3) is 0.562. The number of benzene rings is 1. The van der Waals surface area contributed by atoms with Gasteiger partial charge in [-0.3, -0.25) is 4.79 Å². The van der Waals surface area contributed by atoms with E-state index in [9.17, 15) is 18.7 Å². The average molecular weight is 295 g/mol. The molecular formula is C16H19F2NO2. The summed E-state index contributed by atoms with van der Waals surface area (Å²) in [6, 6.07) is 7.18. The van der Waals surface area contributed by atoms with Crippen LogP contribution in [0.4, 0.5) is 8.78 Å². The number of aliphatic hydroxyl groups is 1. The quantitative estimate of drug-likeness (QED) is 0.881. The molecule has 0 saturated heterocycles. The average Bonchev–Trinajstić information content (AvgIpc) is 2.75. The van der Waals surface area contributed by atoms with Crippen LogP contribution < -0.4 is 5.32 Å². The summed E-state index contributed by atoms with van der Waals surface area (Å²) in [5.74, 6) is -3.22. The topological polar surface area (TPSA) is 49.3 Å². The van der Waals surface area contributed by atoms with Crippen molar-refractivity contribution in [3.05, 3.63) is 35.4 Å². The molecule has 1 aromatic carbocycles. The Morgan fingerprint density at radius 1 is 1.24 bits per heavy atom.